The molecule has 1 heterocycles. The van der Waals surface area contributed by atoms with E-state index in [0.717, 1.165) is 38.4 Å². The molecule has 5 nitrogen and oxygen atoms in total. The van der Waals surface area contributed by atoms with Crippen LogP contribution >= 0.6 is 24.0 Å². The maximum atomic E-state index is 14.2. The summed E-state index contributed by atoms with van der Waals surface area (Å²) in [7, 11) is 0. The van der Waals surface area contributed by atoms with Crippen molar-refractivity contribution in [1.29, 1.82) is 0 Å². The predicted molar refractivity (Wildman–Crippen MR) is 122 cm³/mol. The molecule has 1 fully saturated rings. The lowest BCUT2D eigenvalue weighted by molar-refractivity contribution is -0.149. The summed E-state index contributed by atoms with van der Waals surface area (Å²) in [4.78, 5) is 18.9. The van der Waals surface area contributed by atoms with Crippen molar-refractivity contribution in [3.63, 3.8) is 0 Å². The van der Waals surface area contributed by atoms with E-state index in [4.69, 9.17) is 9.73 Å². The Morgan fingerprint density at radius 3 is 2.50 bits per heavy atom. The van der Waals surface area contributed by atoms with Crippen molar-refractivity contribution in [3.05, 3.63) is 35.6 Å². The molecule has 0 aliphatic carbocycles. The molecule has 0 amide bonds. The van der Waals surface area contributed by atoms with Gasteiger partial charge in [-0.05, 0) is 38.3 Å². The number of hydrogen-bond donors (Lipinski definition) is 1. The Labute approximate surface area is 185 Å². The SMILES string of the molecule is CCNC(=NCC(C)(C)c1ccccc1F)N1CCC(C(=O)OCC)CC1.I. The normalized spacial score (nSPS) is 15.8. The minimum absolute atomic E-state index is 0. The highest BCUT2D eigenvalue weighted by molar-refractivity contribution is 14.0. The fourth-order valence-corrected chi connectivity index (χ4v) is 3.38. The Hall–Kier alpha value is -1.38. The van der Waals surface area contributed by atoms with Gasteiger partial charge in [0.1, 0.15) is 5.82 Å². The largest absolute Gasteiger partial charge is 0.466 e. The molecule has 1 aliphatic heterocycles. The third-order valence-electron chi connectivity index (χ3n) is 4.98. The molecule has 28 heavy (non-hydrogen) atoms. The van der Waals surface area contributed by atoms with Gasteiger partial charge in [0.2, 0.25) is 0 Å². The average molecular weight is 505 g/mol. The second-order valence-electron chi connectivity index (χ2n) is 7.55. The third-order valence-corrected chi connectivity index (χ3v) is 4.98. The van der Waals surface area contributed by atoms with Crippen LogP contribution in [-0.2, 0) is 14.9 Å². The Morgan fingerprint density at radius 1 is 1.29 bits per heavy atom. The Morgan fingerprint density at radius 2 is 1.93 bits per heavy atom. The zero-order valence-electron chi connectivity index (χ0n) is 17.3. The van der Waals surface area contributed by atoms with Gasteiger partial charge in [0.15, 0.2) is 5.96 Å². The van der Waals surface area contributed by atoms with E-state index in [1.165, 1.54) is 6.07 Å². The van der Waals surface area contributed by atoms with Crippen LogP contribution in [0.2, 0.25) is 0 Å². The van der Waals surface area contributed by atoms with Crippen molar-refractivity contribution in [2.24, 2.45) is 10.9 Å². The molecule has 1 saturated heterocycles. The summed E-state index contributed by atoms with van der Waals surface area (Å²) >= 11 is 0. The maximum Gasteiger partial charge on any atom is 0.309 e. The summed E-state index contributed by atoms with van der Waals surface area (Å²) in [5.41, 5.74) is 0.264. The van der Waals surface area contributed by atoms with Gasteiger partial charge in [0.25, 0.3) is 0 Å². The lowest BCUT2D eigenvalue weighted by Gasteiger charge is -2.34. The molecule has 0 radical (unpaired) electrons. The fraction of sp³-hybridized carbons (Fsp3) is 0.619. The van der Waals surface area contributed by atoms with Crippen LogP contribution in [0.3, 0.4) is 0 Å². The van der Waals surface area contributed by atoms with Gasteiger partial charge in [-0.1, -0.05) is 32.0 Å². The quantitative estimate of drug-likeness (QED) is 0.275. The molecule has 0 spiro atoms. The topological polar surface area (TPSA) is 53.9 Å². The monoisotopic (exact) mass is 505 g/mol. The molecular weight excluding hydrogens is 472 g/mol. The molecule has 1 aliphatic rings. The summed E-state index contributed by atoms with van der Waals surface area (Å²) in [5, 5.41) is 3.33. The number of nitrogens with zero attached hydrogens (tertiary/aromatic N) is 2. The van der Waals surface area contributed by atoms with Crippen LogP contribution in [-0.4, -0.2) is 49.6 Å². The van der Waals surface area contributed by atoms with Crippen molar-refractivity contribution in [1.82, 2.24) is 10.2 Å². The summed E-state index contributed by atoms with van der Waals surface area (Å²) in [6.45, 7) is 11.1. The van der Waals surface area contributed by atoms with Crippen LogP contribution in [0.5, 0.6) is 0 Å². The lowest BCUT2D eigenvalue weighted by Crippen LogP contribution is -2.47. The number of esters is 1. The zero-order valence-corrected chi connectivity index (χ0v) is 19.7. The zero-order chi connectivity index (χ0) is 19.9. The first kappa shape index (κ1) is 24.7. The van der Waals surface area contributed by atoms with Gasteiger partial charge in [-0.2, -0.15) is 0 Å². The van der Waals surface area contributed by atoms with Crippen molar-refractivity contribution >= 4 is 35.9 Å². The predicted octanol–water partition coefficient (Wildman–Crippen LogP) is 3.96. The van der Waals surface area contributed by atoms with Crippen molar-refractivity contribution < 1.29 is 13.9 Å². The number of likely N-dealkylation sites (tertiary alicyclic amines) is 1. The minimum atomic E-state index is -0.407. The summed E-state index contributed by atoms with van der Waals surface area (Å²) in [6, 6.07) is 6.87. The van der Waals surface area contributed by atoms with E-state index in [0.29, 0.717) is 18.7 Å². The second kappa shape index (κ2) is 11.6. The van der Waals surface area contributed by atoms with Crippen LogP contribution in [0.25, 0.3) is 0 Å². The van der Waals surface area contributed by atoms with E-state index in [1.54, 1.807) is 6.07 Å². The van der Waals surface area contributed by atoms with Gasteiger partial charge >= 0.3 is 5.97 Å². The minimum Gasteiger partial charge on any atom is -0.466 e. The number of aliphatic imine (C=N–C) groups is 1. The Kier molecular flexibility index (Phi) is 10.2. The number of rotatable bonds is 6. The van der Waals surface area contributed by atoms with E-state index < -0.39 is 5.41 Å². The smallest absolute Gasteiger partial charge is 0.309 e. The first-order valence-corrected chi connectivity index (χ1v) is 9.84. The number of carbonyl (C=O) groups is 1. The van der Waals surface area contributed by atoms with Gasteiger partial charge in [0, 0.05) is 25.0 Å². The molecule has 1 aromatic rings. The second-order valence-corrected chi connectivity index (χ2v) is 7.55. The van der Waals surface area contributed by atoms with Gasteiger partial charge in [-0.25, -0.2) is 4.39 Å². The molecule has 1 aromatic carbocycles. The number of nitrogens with one attached hydrogen (secondary N) is 1. The molecule has 0 atom stereocenters. The standard InChI is InChI=1S/C21H32FN3O2.HI/c1-5-23-20(25-13-11-16(12-14-25)19(26)27-6-2)24-15-21(3,4)17-9-7-8-10-18(17)22;/h7-10,16H,5-6,11-15H2,1-4H3,(H,23,24);1H. The maximum absolute atomic E-state index is 14.2. The van der Waals surface area contributed by atoms with Crippen molar-refractivity contribution in [2.45, 2.75) is 46.0 Å². The number of hydrogen-bond acceptors (Lipinski definition) is 3. The Bertz CT molecular complexity index is 659. The van der Waals surface area contributed by atoms with Crippen LogP contribution in [0, 0.1) is 11.7 Å². The highest BCUT2D eigenvalue weighted by Gasteiger charge is 2.28. The highest BCUT2D eigenvalue weighted by atomic mass is 127. The van der Waals surface area contributed by atoms with Crippen LogP contribution < -0.4 is 5.32 Å². The van der Waals surface area contributed by atoms with E-state index in [-0.39, 0.29) is 41.7 Å². The van der Waals surface area contributed by atoms with Crippen LogP contribution in [0.15, 0.2) is 29.3 Å². The molecular formula is C21H33FIN3O2. The van der Waals surface area contributed by atoms with E-state index in [1.807, 2.05) is 39.8 Å². The molecule has 0 unspecified atom stereocenters. The molecule has 0 aromatic heterocycles. The molecule has 0 saturated carbocycles. The molecule has 7 heteroatoms. The van der Waals surface area contributed by atoms with E-state index in [2.05, 4.69) is 10.2 Å². The van der Waals surface area contributed by atoms with Gasteiger partial charge in [-0.15, -0.1) is 24.0 Å². The molecule has 1 N–H and O–H groups in total. The summed E-state index contributed by atoms with van der Waals surface area (Å²) in [6.07, 6.45) is 1.53. The first-order chi connectivity index (χ1) is 12.9. The number of benzene rings is 1. The van der Waals surface area contributed by atoms with Crippen molar-refractivity contribution in [2.75, 3.05) is 32.8 Å². The molecule has 158 valence electrons. The summed E-state index contributed by atoms with van der Waals surface area (Å²) in [5.74, 6) is 0.501. The van der Waals surface area contributed by atoms with Crippen LogP contribution in [0.4, 0.5) is 4.39 Å². The van der Waals surface area contributed by atoms with Gasteiger partial charge < -0.3 is 15.0 Å². The number of guanidine groups is 1. The van der Waals surface area contributed by atoms with Crippen LogP contribution in [0.1, 0.15) is 46.1 Å². The number of ether oxygens (including phenoxy) is 1. The van der Waals surface area contributed by atoms with Gasteiger partial charge in [0.05, 0.1) is 19.1 Å². The number of halogens is 2. The molecule has 2 rings (SSSR count). The average Bonchev–Trinajstić information content (AvgIpc) is 2.65. The highest BCUT2D eigenvalue weighted by Crippen LogP contribution is 2.26. The fourth-order valence-electron chi connectivity index (χ4n) is 3.38. The first-order valence-electron chi connectivity index (χ1n) is 9.84. The summed E-state index contributed by atoms with van der Waals surface area (Å²) < 4.78 is 19.3. The van der Waals surface area contributed by atoms with Crippen molar-refractivity contribution in [3.8, 4) is 0 Å². The third kappa shape index (κ3) is 6.60. The van der Waals surface area contributed by atoms with E-state index in [9.17, 15) is 9.18 Å². The lowest BCUT2D eigenvalue weighted by atomic mass is 9.84. The van der Waals surface area contributed by atoms with Gasteiger partial charge in [-0.3, -0.25) is 9.79 Å². The molecule has 0 bridgehead atoms. The Balaban J connectivity index is 0.00000392. The number of piperidine rings is 1. The van der Waals surface area contributed by atoms with E-state index >= 15 is 0 Å². The number of carbonyl (C=O) groups excluding carboxylic acids is 1.